The zero-order valence-electron chi connectivity index (χ0n) is 27.9. The van der Waals surface area contributed by atoms with Crippen LogP contribution in [0.1, 0.15) is 113 Å². The van der Waals surface area contributed by atoms with Crippen molar-refractivity contribution in [1.82, 2.24) is 9.78 Å². The molecule has 4 saturated carbocycles. The fourth-order valence-electron chi connectivity index (χ4n) is 12.0. The van der Waals surface area contributed by atoms with Gasteiger partial charge in [0.15, 0.2) is 5.78 Å². The summed E-state index contributed by atoms with van der Waals surface area (Å²) in [6, 6.07) is 1.83. The van der Waals surface area contributed by atoms with Crippen molar-refractivity contribution in [3.63, 3.8) is 0 Å². The number of carbonyl (C=O) groups is 3. The number of esters is 1. The number of fused-ring (bicyclic) bond motifs is 7. The molecule has 0 saturated heterocycles. The third-order valence-electron chi connectivity index (χ3n) is 14.2. The molecular formula is C36H53N3O4. The maximum atomic E-state index is 14.3. The molecule has 236 valence electrons. The van der Waals surface area contributed by atoms with Crippen LogP contribution in [0.4, 0.5) is 5.82 Å². The van der Waals surface area contributed by atoms with Crippen LogP contribution in [0.25, 0.3) is 0 Å². The van der Waals surface area contributed by atoms with E-state index < -0.39 is 5.41 Å². The summed E-state index contributed by atoms with van der Waals surface area (Å²) in [5.41, 5.74) is 1.50. The largest absolute Gasteiger partial charge is 0.462 e. The van der Waals surface area contributed by atoms with Crippen LogP contribution in [0.3, 0.4) is 0 Å². The molecule has 4 fully saturated rings. The van der Waals surface area contributed by atoms with Crippen molar-refractivity contribution in [2.45, 2.75) is 119 Å². The standard InChI is InChI=1S/C36H53N3O4/c1-21(2)29-24(41)20-36(31(42)38-28-14-19-37-39(28)9)18-17-34(7)23(30(29)36)10-11-26-33(6)15-13-27(43-22(3)40)32(4,5)25(33)12-16-35(26,34)8/h14,19,21,23,25-27H,10-13,15-18,20H2,1-9H3,(H,38,42)/t23-,25?,26?,27+,33+,34-,35-,36-/m1/s1. The van der Waals surface area contributed by atoms with Gasteiger partial charge in [-0.05, 0) is 102 Å². The van der Waals surface area contributed by atoms with Crippen LogP contribution < -0.4 is 5.32 Å². The van der Waals surface area contributed by atoms with Gasteiger partial charge in [-0.3, -0.25) is 19.1 Å². The summed E-state index contributed by atoms with van der Waals surface area (Å²) in [5, 5.41) is 7.44. The number of allylic oxidation sites excluding steroid dienone is 1. The van der Waals surface area contributed by atoms with E-state index in [-0.39, 0.29) is 63.7 Å². The minimum Gasteiger partial charge on any atom is -0.462 e. The van der Waals surface area contributed by atoms with E-state index in [1.807, 2.05) is 13.1 Å². The third kappa shape index (κ3) is 4.04. The Labute approximate surface area is 258 Å². The predicted molar refractivity (Wildman–Crippen MR) is 167 cm³/mol. The number of anilines is 1. The normalized spacial score (nSPS) is 41.7. The van der Waals surface area contributed by atoms with E-state index in [2.05, 4.69) is 58.9 Å². The molecule has 0 bridgehead atoms. The Balaban J connectivity index is 1.39. The first kappa shape index (κ1) is 30.6. The van der Waals surface area contributed by atoms with Gasteiger partial charge in [-0.1, -0.05) is 48.5 Å². The summed E-state index contributed by atoms with van der Waals surface area (Å²) < 4.78 is 7.61. The number of hydrogen-bond donors (Lipinski definition) is 1. The average molecular weight is 592 g/mol. The van der Waals surface area contributed by atoms with E-state index in [0.29, 0.717) is 24.1 Å². The van der Waals surface area contributed by atoms with Crippen molar-refractivity contribution in [3.05, 3.63) is 23.4 Å². The molecule has 1 aromatic heterocycles. The number of hydrogen-bond acceptors (Lipinski definition) is 5. The number of ether oxygens (including phenoxy) is 1. The lowest BCUT2D eigenvalue weighted by molar-refractivity contribution is -0.232. The topological polar surface area (TPSA) is 90.3 Å². The van der Waals surface area contributed by atoms with E-state index in [1.54, 1.807) is 10.9 Å². The van der Waals surface area contributed by atoms with Crippen molar-refractivity contribution >= 4 is 23.5 Å². The molecule has 1 N–H and O–H groups in total. The average Bonchev–Trinajstić information content (AvgIpc) is 3.46. The molecule has 43 heavy (non-hydrogen) atoms. The van der Waals surface area contributed by atoms with Gasteiger partial charge < -0.3 is 10.1 Å². The number of aromatic nitrogens is 2. The smallest absolute Gasteiger partial charge is 0.302 e. The minimum absolute atomic E-state index is 0.00280. The second-order valence-electron chi connectivity index (χ2n) is 16.5. The lowest BCUT2D eigenvalue weighted by Crippen LogP contribution is -2.66. The molecule has 1 amide bonds. The Kier molecular flexibility index (Phi) is 6.95. The van der Waals surface area contributed by atoms with Crippen molar-refractivity contribution < 1.29 is 19.1 Å². The summed E-state index contributed by atoms with van der Waals surface area (Å²) in [4.78, 5) is 40.2. The highest BCUT2D eigenvalue weighted by Gasteiger charge is 2.71. The molecule has 7 nitrogen and oxygen atoms in total. The number of nitrogens with zero attached hydrogens (tertiary/aromatic N) is 2. The summed E-state index contributed by atoms with van der Waals surface area (Å²) in [6.45, 7) is 18.1. The van der Waals surface area contributed by atoms with Crippen LogP contribution in [0.5, 0.6) is 0 Å². The number of aryl methyl sites for hydroxylation is 1. The van der Waals surface area contributed by atoms with E-state index in [9.17, 15) is 14.4 Å². The lowest BCUT2D eigenvalue weighted by Gasteiger charge is -2.72. The zero-order valence-corrected chi connectivity index (χ0v) is 27.9. The van der Waals surface area contributed by atoms with Gasteiger partial charge in [0.25, 0.3) is 0 Å². The molecule has 5 aliphatic rings. The predicted octanol–water partition coefficient (Wildman–Crippen LogP) is 7.27. The zero-order chi connectivity index (χ0) is 31.3. The number of carbonyl (C=O) groups excluding carboxylic acids is 3. The van der Waals surface area contributed by atoms with Gasteiger partial charge in [0, 0.05) is 31.9 Å². The monoisotopic (exact) mass is 591 g/mol. The molecule has 0 aliphatic heterocycles. The quantitative estimate of drug-likeness (QED) is 0.372. The molecule has 0 radical (unpaired) electrons. The van der Waals surface area contributed by atoms with Crippen molar-refractivity contribution in [2.75, 3.05) is 5.32 Å². The number of Topliss-reactive ketones (excluding diaryl/α,β-unsaturated/α-hetero) is 1. The maximum absolute atomic E-state index is 14.3. The highest BCUT2D eigenvalue weighted by atomic mass is 16.5. The molecule has 5 aliphatic carbocycles. The van der Waals surface area contributed by atoms with E-state index >= 15 is 0 Å². The number of nitrogens with one attached hydrogen (secondary N) is 1. The van der Waals surface area contributed by atoms with E-state index in [4.69, 9.17) is 4.74 Å². The summed E-state index contributed by atoms with van der Waals surface area (Å²) in [5.74, 6) is 1.98. The van der Waals surface area contributed by atoms with Crippen LogP contribution in [-0.4, -0.2) is 33.5 Å². The van der Waals surface area contributed by atoms with Crippen molar-refractivity contribution in [2.24, 2.45) is 57.8 Å². The second kappa shape index (κ2) is 9.78. The van der Waals surface area contributed by atoms with Gasteiger partial charge in [0.2, 0.25) is 5.91 Å². The third-order valence-corrected chi connectivity index (χ3v) is 14.2. The number of ketones is 1. The minimum atomic E-state index is -0.778. The van der Waals surface area contributed by atoms with Crippen LogP contribution in [0.15, 0.2) is 23.4 Å². The molecule has 7 heteroatoms. The summed E-state index contributed by atoms with van der Waals surface area (Å²) in [7, 11) is 1.83. The van der Waals surface area contributed by atoms with Crippen LogP contribution in [0, 0.1) is 50.7 Å². The molecule has 0 aromatic carbocycles. The van der Waals surface area contributed by atoms with Gasteiger partial charge in [0.1, 0.15) is 11.9 Å². The molecular weight excluding hydrogens is 538 g/mol. The van der Waals surface area contributed by atoms with Crippen molar-refractivity contribution in [1.29, 1.82) is 0 Å². The van der Waals surface area contributed by atoms with Gasteiger partial charge in [0.05, 0.1) is 11.6 Å². The Bertz CT molecular complexity index is 1390. The first-order valence-corrected chi connectivity index (χ1v) is 16.8. The summed E-state index contributed by atoms with van der Waals surface area (Å²) >= 11 is 0. The molecule has 0 spiro atoms. The molecule has 8 atom stereocenters. The Morgan fingerprint density at radius 1 is 0.977 bits per heavy atom. The Hall–Kier alpha value is -2.44. The highest BCUT2D eigenvalue weighted by molar-refractivity contribution is 6.09. The van der Waals surface area contributed by atoms with Crippen LogP contribution >= 0.6 is 0 Å². The Morgan fingerprint density at radius 3 is 2.33 bits per heavy atom. The van der Waals surface area contributed by atoms with Gasteiger partial charge >= 0.3 is 5.97 Å². The fourth-order valence-corrected chi connectivity index (χ4v) is 12.0. The van der Waals surface area contributed by atoms with Gasteiger partial charge in [-0.25, -0.2) is 0 Å². The highest BCUT2D eigenvalue weighted by Crippen LogP contribution is 2.76. The Morgan fingerprint density at radius 2 is 1.70 bits per heavy atom. The molecule has 6 rings (SSSR count). The van der Waals surface area contributed by atoms with Crippen LogP contribution in [-0.2, 0) is 26.2 Å². The number of amides is 1. The van der Waals surface area contributed by atoms with Crippen LogP contribution in [0.2, 0.25) is 0 Å². The van der Waals surface area contributed by atoms with Gasteiger partial charge in [-0.15, -0.1) is 0 Å². The molecule has 1 aromatic rings. The van der Waals surface area contributed by atoms with Gasteiger partial charge in [-0.2, -0.15) is 5.10 Å². The second-order valence-corrected chi connectivity index (χ2v) is 16.5. The lowest BCUT2D eigenvalue weighted by atomic mass is 9.33. The maximum Gasteiger partial charge on any atom is 0.302 e. The van der Waals surface area contributed by atoms with E-state index in [0.717, 1.165) is 50.5 Å². The fraction of sp³-hybridized carbons (Fsp3) is 0.778. The summed E-state index contributed by atoms with van der Waals surface area (Å²) in [6.07, 6.45) is 10.00. The SMILES string of the molecule is CC(=O)O[C@H]1CC[C@@]2(C)C(CC[C@]3(C)C2CC[C@@H]2C4=C(C(C)C)C(=O)C[C@]4(C(=O)Nc4ccnn4C)CC[C@]23C)C1(C)C. The first-order chi connectivity index (χ1) is 20.0. The first-order valence-electron chi connectivity index (χ1n) is 16.8. The molecule has 1 heterocycles. The molecule has 2 unspecified atom stereocenters. The van der Waals surface area contributed by atoms with E-state index in [1.165, 1.54) is 12.5 Å². The van der Waals surface area contributed by atoms with Crippen molar-refractivity contribution in [3.8, 4) is 0 Å². The number of rotatable bonds is 4.